The van der Waals surface area contributed by atoms with Crippen LogP contribution in [0, 0.1) is 0 Å². The van der Waals surface area contributed by atoms with Crippen LogP contribution in [0.3, 0.4) is 0 Å². The van der Waals surface area contributed by atoms with Gasteiger partial charge in [-0.25, -0.2) is 0 Å². The van der Waals surface area contributed by atoms with Crippen LogP contribution in [0.15, 0.2) is 47.0 Å². The van der Waals surface area contributed by atoms with E-state index in [2.05, 4.69) is 40.8 Å². The second-order valence-corrected chi connectivity index (χ2v) is 5.30. The fourth-order valence-corrected chi connectivity index (χ4v) is 2.53. The standard InChI is InChI=1S/C15H16N2OS/c1-19-10-14-4-3-13(18-14)9-17-12-2-5-15-11(8-12)6-7-16-15/h2-8,16-17H,9-10H2,1H3. The van der Waals surface area contributed by atoms with E-state index in [1.165, 1.54) is 5.39 Å². The minimum absolute atomic E-state index is 0.713. The topological polar surface area (TPSA) is 41.0 Å². The lowest BCUT2D eigenvalue weighted by molar-refractivity contribution is 0.487. The predicted molar refractivity (Wildman–Crippen MR) is 81.6 cm³/mol. The molecule has 2 N–H and O–H groups in total. The zero-order chi connectivity index (χ0) is 13.1. The molecule has 0 radical (unpaired) electrons. The quantitative estimate of drug-likeness (QED) is 0.730. The van der Waals surface area contributed by atoms with Crippen molar-refractivity contribution >= 4 is 28.4 Å². The maximum absolute atomic E-state index is 5.73. The Balaban J connectivity index is 1.67. The first-order chi connectivity index (χ1) is 9.35. The molecule has 0 atom stereocenters. The number of aromatic amines is 1. The van der Waals surface area contributed by atoms with Crippen LogP contribution in [-0.2, 0) is 12.3 Å². The first-order valence-corrected chi connectivity index (χ1v) is 7.62. The Labute approximate surface area is 116 Å². The van der Waals surface area contributed by atoms with Gasteiger partial charge in [-0.2, -0.15) is 11.8 Å². The van der Waals surface area contributed by atoms with Crippen molar-refractivity contribution in [1.82, 2.24) is 4.98 Å². The van der Waals surface area contributed by atoms with E-state index in [0.717, 1.165) is 28.5 Å². The van der Waals surface area contributed by atoms with Gasteiger partial charge >= 0.3 is 0 Å². The van der Waals surface area contributed by atoms with Crippen molar-refractivity contribution in [3.8, 4) is 0 Å². The number of anilines is 1. The highest BCUT2D eigenvalue weighted by atomic mass is 32.2. The van der Waals surface area contributed by atoms with Gasteiger partial charge in [0.1, 0.15) is 11.5 Å². The minimum atomic E-state index is 0.713. The number of aromatic nitrogens is 1. The van der Waals surface area contributed by atoms with Gasteiger partial charge in [-0.15, -0.1) is 0 Å². The average molecular weight is 272 g/mol. The van der Waals surface area contributed by atoms with Gasteiger partial charge in [0.15, 0.2) is 0 Å². The predicted octanol–water partition coefficient (Wildman–Crippen LogP) is 4.24. The lowest BCUT2D eigenvalue weighted by Crippen LogP contribution is -1.97. The van der Waals surface area contributed by atoms with Crippen molar-refractivity contribution in [2.75, 3.05) is 11.6 Å². The highest BCUT2D eigenvalue weighted by Crippen LogP contribution is 2.19. The first-order valence-electron chi connectivity index (χ1n) is 6.23. The van der Waals surface area contributed by atoms with Gasteiger partial charge in [0.05, 0.1) is 12.3 Å². The molecule has 3 aromatic rings. The molecule has 0 amide bonds. The van der Waals surface area contributed by atoms with Crippen molar-refractivity contribution in [1.29, 1.82) is 0 Å². The number of benzene rings is 1. The van der Waals surface area contributed by atoms with Crippen LogP contribution in [0.5, 0.6) is 0 Å². The van der Waals surface area contributed by atoms with Crippen molar-refractivity contribution in [2.24, 2.45) is 0 Å². The molecule has 0 spiro atoms. The molecular formula is C15H16N2OS. The third-order valence-electron chi connectivity index (χ3n) is 3.02. The number of rotatable bonds is 5. The molecule has 1 aromatic carbocycles. The summed E-state index contributed by atoms with van der Waals surface area (Å²) in [4.78, 5) is 3.19. The van der Waals surface area contributed by atoms with Gasteiger partial charge < -0.3 is 14.7 Å². The molecular weight excluding hydrogens is 256 g/mol. The number of fused-ring (bicyclic) bond motifs is 1. The summed E-state index contributed by atoms with van der Waals surface area (Å²) >= 11 is 1.77. The summed E-state index contributed by atoms with van der Waals surface area (Å²) in [5.41, 5.74) is 2.26. The molecule has 98 valence electrons. The first kappa shape index (κ1) is 12.2. The van der Waals surface area contributed by atoms with Gasteiger partial charge in [-0.3, -0.25) is 0 Å². The highest BCUT2D eigenvalue weighted by molar-refractivity contribution is 7.97. The lowest BCUT2D eigenvalue weighted by Gasteiger charge is -2.04. The third kappa shape index (κ3) is 2.79. The molecule has 0 saturated heterocycles. The van der Waals surface area contributed by atoms with E-state index >= 15 is 0 Å². The molecule has 0 unspecified atom stereocenters. The van der Waals surface area contributed by atoms with Crippen LogP contribution in [0.1, 0.15) is 11.5 Å². The average Bonchev–Trinajstić information content (AvgIpc) is 3.04. The summed E-state index contributed by atoms with van der Waals surface area (Å²) in [6, 6.07) is 12.4. The Morgan fingerprint density at radius 1 is 1.16 bits per heavy atom. The number of hydrogen-bond donors (Lipinski definition) is 2. The Morgan fingerprint density at radius 2 is 2.05 bits per heavy atom. The lowest BCUT2D eigenvalue weighted by atomic mass is 10.2. The summed E-state index contributed by atoms with van der Waals surface area (Å²) in [5, 5.41) is 4.60. The zero-order valence-corrected chi connectivity index (χ0v) is 11.6. The Morgan fingerprint density at radius 3 is 2.95 bits per heavy atom. The molecule has 0 bridgehead atoms. The number of nitrogens with one attached hydrogen (secondary N) is 2. The third-order valence-corrected chi connectivity index (χ3v) is 3.60. The van der Waals surface area contributed by atoms with Gasteiger partial charge in [0, 0.05) is 22.8 Å². The number of thioether (sulfide) groups is 1. The van der Waals surface area contributed by atoms with E-state index in [1.54, 1.807) is 11.8 Å². The van der Waals surface area contributed by atoms with Crippen molar-refractivity contribution in [3.05, 3.63) is 54.1 Å². The maximum atomic E-state index is 5.73. The molecule has 0 aliphatic rings. The van der Waals surface area contributed by atoms with Gasteiger partial charge in [0.25, 0.3) is 0 Å². The van der Waals surface area contributed by atoms with Crippen LogP contribution < -0.4 is 5.32 Å². The smallest absolute Gasteiger partial charge is 0.123 e. The molecule has 0 saturated carbocycles. The summed E-state index contributed by atoms with van der Waals surface area (Å²) in [7, 11) is 0. The van der Waals surface area contributed by atoms with E-state index in [0.29, 0.717) is 6.54 Å². The van der Waals surface area contributed by atoms with Gasteiger partial charge in [-0.05, 0) is 42.7 Å². The SMILES string of the molecule is CSCc1ccc(CNc2ccc3[nH]ccc3c2)o1. The zero-order valence-electron chi connectivity index (χ0n) is 10.8. The second kappa shape index (κ2) is 5.45. The molecule has 19 heavy (non-hydrogen) atoms. The molecule has 0 fully saturated rings. The van der Waals surface area contributed by atoms with E-state index in [4.69, 9.17) is 4.42 Å². The summed E-state index contributed by atoms with van der Waals surface area (Å²) in [5.74, 6) is 2.93. The van der Waals surface area contributed by atoms with Crippen molar-refractivity contribution < 1.29 is 4.42 Å². The Hall–Kier alpha value is -1.81. The van der Waals surface area contributed by atoms with Crippen LogP contribution in [0.4, 0.5) is 5.69 Å². The van der Waals surface area contributed by atoms with E-state index in [-0.39, 0.29) is 0 Å². The normalized spacial score (nSPS) is 11.0. The molecule has 4 heteroatoms. The molecule has 3 nitrogen and oxygen atoms in total. The minimum Gasteiger partial charge on any atom is -0.463 e. The monoisotopic (exact) mass is 272 g/mol. The molecule has 0 aliphatic heterocycles. The Bertz CT molecular complexity index is 671. The van der Waals surface area contributed by atoms with Crippen LogP contribution in [0.25, 0.3) is 10.9 Å². The summed E-state index contributed by atoms with van der Waals surface area (Å²) in [6.45, 7) is 0.713. The summed E-state index contributed by atoms with van der Waals surface area (Å²) < 4.78 is 5.73. The van der Waals surface area contributed by atoms with E-state index in [1.807, 2.05) is 18.3 Å². The number of furan rings is 1. The van der Waals surface area contributed by atoms with Crippen LogP contribution in [0.2, 0.25) is 0 Å². The fourth-order valence-electron chi connectivity index (χ4n) is 2.09. The van der Waals surface area contributed by atoms with Crippen molar-refractivity contribution in [3.63, 3.8) is 0 Å². The fraction of sp³-hybridized carbons (Fsp3) is 0.200. The largest absolute Gasteiger partial charge is 0.463 e. The number of hydrogen-bond acceptors (Lipinski definition) is 3. The maximum Gasteiger partial charge on any atom is 0.123 e. The van der Waals surface area contributed by atoms with Gasteiger partial charge in [-0.1, -0.05) is 0 Å². The number of H-pyrrole nitrogens is 1. The van der Waals surface area contributed by atoms with Crippen LogP contribution in [-0.4, -0.2) is 11.2 Å². The Kier molecular flexibility index (Phi) is 3.51. The van der Waals surface area contributed by atoms with Crippen LogP contribution >= 0.6 is 11.8 Å². The van der Waals surface area contributed by atoms with Crippen molar-refractivity contribution in [2.45, 2.75) is 12.3 Å². The molecule has 2 aromatic heterocycles. The van der Waals surface area contributed by atoms with Gasteiger partial charge in [0.2, 0.25) is 0 Å². The second-order valence-electron chi connectivity index (χ2n) is 4.43. The van der Waals surface area contributed by atoms with E-state index in [9.17, 15) is 0 Å². The molecule has 3 rings (SSSR count). The highest BCUT2D eigenvalue weighted by Gasteiger charge is 2.02. The molecule has 2 heterocycles. The van der Waals surface area contributed by atoms with E-state index < -0.39 is 0 Å². The molecule has 0 aliphatic carbocycles. The summed E-state index contributed by atoms with van der Waals surface area (Å²) in [6.07, 6.45) is 4.03.